The minimum atomic E-state index is 0.0600. The normalized spacial score (nSPS) is 19.7. The number of aromatic nitrogens is 1. The summed E-state index contributed by atoms with van der Waals surface area (Å²) in [5, 5.41) is 0. The minimum Gasteiger partial charge on any atom is -0.294 e. The number of Topliss-reactive ketones (excluding diaryl/α,β-unsaturated/α-hetero) is 1. The molecule has 0 aromatic carbocycles. The zero-order valence-electron chi connectivity index (χ0n) is 8.00. The van der Waals surface area contributed by atoms with Crippen LogP contribution in [-0.4, -0.2) is 10.8 Å². The highest BCUT2D eigenvalue weighted by Crippen LogP contribution is 2.34. The van der Waals surface area contributed by atoms with E-state index < -0.39 is 0 Å². The van der Waals surface area contributed by atoms with Crippen LogP contribution in [0.4, 0.5) is 0 Å². The predicted octanol–water partition coefficient (Wildman–Crippen LogP) is 2.34. The van der Waals surface area contributed by atoms with E-state index in [9.17, 15) is 4.79 Å². The summed E-state index contributed by atoms with van der Waals surface area (Å²) in [6.07, 6.45) is 3.33. The summed E-state index contributed by atoms with van der Waals surface area (Å²) < 4.78 is 0. The first-order valence-corrected chi connectivity index (χ1v) is 4.60. The fourth-order valence-corrected chi connectivity index (χ4v) is 1.85. The molecule has 0 N–H and O–H groups in total. The molecule has 0 aliphatic heterocycles. The molecule has 0 atom stereocenters. The molecule has 1 aliphatic rings. The first kappa shape index (κ1) is 8.42. The predicted molar refractivity (Wildman–Crippen MR) is 50.8 cm³/mol. The van der Waals surface area contributed by atoms with Crippen LogP contribution in [0.2, 0.25) is 0 Å². The molecule has 1 aliphatic carbocycles. The molecule has 68 valence electrons. The molecule has 2 nitrogen and oxygen atoms in total. The fourth-order valence-electron chi connectivity index (χ4n) is 1.85. The maximum absolute atomic E-state index is 11.5. The molecule has 0 bridgehead atoms. The maximum Gasteiger partial charge on any atom is 0.164 e. The van der Waals surface area contributed by atoms with Crippen molar-refractivity contribution in [2.24, 2.45) is 0 Å². The molecular formula is C11H13NO. The van der Waals surface area contributed by atoms with Gasteiger partial charge in [0.25, 0.3) is 0 Å². The largest absolute Gasteiger partial charge is 0.294 e. The molecule has 13 heavy (non-hydrogen) atoms. The highest BCUT2D eigenvalue weighted by molar-refractivity contribution is 5.98. The summed E-state index contributed by atoms with van der Waals surface area (Å²) in [5.41, 5.74) is 1.84. The van der Waals surface area contributed by atoms with Crippen LogP contribution in [0.5, 0.6) is 0 Å². The third-order valence-electron chi connectivity index (χ3n) is 2.73. The van der Waals surface area contributed by atoms with Crippen molar-refractivity contribution < 1.29 is 4.79 Å². The van der Waals surface area contributed by atoms with E-state index >= 15 is 0 Å². The molecule has 0 saturated heterocycles. The topological polar surface area (TPSA) is 30.0 Å². The van der Waals surface area contributed by atoms with Crippen molar-refractivity contribution in [1.82, 2.24) is 4.98 Å². The lowest BCUT2D eigenvalue weighted by atomic mass is 9.75. The van der Waals surface area contributed by atoms with Crippen LogP contribution < -0.4 is 0 Å². The van der Waals surface area contributed by atoms with Gasteiger partial charge in [-0.2, -0.15) is 0 Å². The average molecular weight is 175 g/mol. The van der Waals surface area contributed by atoms with E-state index in [4.69, 9.17) is 0 Å². The lowest BCUT2D eigenvalue weighted by molar-refractivity contribution is 0.0955. The number of hydrogen-bond acceptors (Lipinski definition) is 2. The fraction of sp³-hybridized carbons (Fsp3) is 0.455. The lowest BCUT2D eigenvalue weighted by Gasteiger charge is -2.29. The highest BCUT2D eigenvalue weighted by atomic mass is 16.1. The van der Waals surface area contributed by atoms with Crippen molar-refractivity contribution in [2.45, 2.75) is 32.1 Å². The number of nitrogens with zero attached hydrogens (tertiary/aromatic N) is 1. The smallest absolute Gasteiger partial charge is 0.164 e. The Hall–Kier alpha value is -1.18. The van der Waals surface area contributed by atoms with Gasteiger partial charge < -0.3 is 0 Å². The monoisotopic (exact) mass is 175 g/mol. The second-order valence-electron chi connectivity index (χ2n) is 4.21. The Balaban J connectivity index is 2.61. The minimum absolute atomic E-state index is 0.0600. The summed E-state index contributed by atoms with van der Waals surface area (Å²) in [4.78, 5) is 15.8. The van der Waals surface area contributed by atoms with Crippen molar-refractivity contribution in [3.05, 3.63) is 29.6 Å². The molecule has 1 aromatic rings. The van der Waals surface area contributed by atoms with Gasteiger partial charge in [-0.3, -0.25) is 9.78 Å². The SMILES string of the molecule is CC1(C)CCC(=O)c2cccnc21. The summed E-state index contributed by atoms with van der Waals surface area (Å²) in [6, 6.07) is 3.71. The van der Waals surface area contributed by atoms with E-state index in [0.29, 0.717) is 6.42 Å². The first-order valence-electron chi connectivity index (χ1n) is 4.60. The Morgan fingerprint density at radius 1 is 1.46 bits per heavy atom. The molecule has 2 heteroatoms. The van der Waals surface area contributed by atoms with E-state index in [1.807, 2.05) is 12.1 Å². The number of carbonyl (C=O) groups is 1. The Bertz CT molecular complexity index is 355. The van der Waals surface area contributed by atoms with Gasteiger partial charge in [0.1, 0.15) is 0 Å². The van der Waals surface area contributed by atoms with E-state index in [1.54, 1.807) is 6.20 Å². The van der Waals surface area contributed by atoms with Gasteiger partial charge in [0.15, 0.2) is 5.78 Å². The number of carbonyl (C=O) groups excluding carboxylic acids is 1. The molecule has 0 fully saturated rings. The quantitative estimate of drug-likeness (QED) is 0.605. The molecule has 1 aromatic heterocycles. The van der Waals surface area contributed by atoms with Gasteiger partial charge in [-0.05, 0) is 18.6 Å². The number of rotatable bonds is 0. The molecule has 0 unspecified atom stereocenters. The second kappa shape index (κ2) is 2.66. The lowest BCUT2D eigenvalue weighted by Crippen LogP contribution is -2.28. The van der Waals surface area contributed by atoms with E-state index in [-0.39, 0.29) is 11.2 Å². The van der Waals surface area contributed by atoms with E-state index in [2.05, 4.69) is 18.8 Å². The van der Waals surface area contributed by atoms with Crippen LogP contribution in [0, 0.1) is 0 Å². The molecule has 2 rings (SSSR count). The van der Waals surface area contributed by atoms with Crippen LogP contribution in [-0.2, 0) is 5.41 Å². The molecule has 0 spiro atoms. The summed E-state index contributed by atoms with van der Waals surface area (Å²) in [7, 11) is 0. The van der Waals surface area contributed by atoms with Crippen molar-refractivity contribution in [3.8, 4) is 0 Å². The van der Waals surface area contributed by atoms with Crippen LogP contribution in [0.1, 0.15) is 42.7 Å². The summed E-state index contributed by atoms with van der Waals surface area (Å²) >= 11 is 0. The Morgan fingerprint density at radius 3 is 2.92 bits per heavy atom. The van der Waals surface area contributed by atoms with Crippen molar-refractivity contribution in [2.75, 3.05) is 0 Å². The van der Waals surface area contributed by atoms with Crippen molar-refractivity contribution in [3.63, 3.8) is 0 Å². The van der Waals surface area contributed by atoms with Gasteiger partial charge in [0.2, 0.25) is 0 Å². The van der Waals surface area contributed by atoms with Crippen LogP contribution in [0.15, 0.2) is 18.3 Å². The number of pyridine rings is 1. The Labute approximate surface area is 78.0 Å². The third-order valence-corrected chi connectivity index (χ3v) is 2.73. The zero-order valence-corrected chi connectivity index (χ0v) is 8.00. The van der Waals surface area contributed by atoms with Crippen LogP contribution in [0.3, 0.4) is 0 Å². The van der Waals surface area contributed by atoms with Crippen LogP contribution in [0.25, 0.3) is 0 Å². The maximum atomic E-state index is 11.5. The second-order valence-corrected chi connectivity index (χ2v) is 4.21. The number of ketones is 1. The van der Waals surface area contributed by atoms with Crippen molar-refractivity contribution >= 4 is 5.78 Å². The summed E-state index contributed by atoms with van der Waals surface area (Å²) in [5.74, 6) is 0.238. The molecule has 0 amide bonds. The van der Waals surface area contributed by atoms with Crippen molar-refractivity contribution in [1.29, 1.82) is 0 Å². The molecular weight excluding hydrogens is 162 g/mol. The molecule has 0 saturated carbocycles. The molecule has 0 radical (unpaired) electrons. The van der Waals surface area contributed by atoms with Gasteiger partial charge in [-0.25, -0.2) is 0 Å². The standard InChI is InChI=1S/C11H13NO/c1-11(2)6-5-9(13)8-4-3-7-12-10(8)11/h3-4,7H,5-6H2,1-2H3. The number of fused-ring (bicyclic) bond motifs is 1. The van der Waals surface area contributed by atoms with E-state index in [0.717, 1.165) is 17.7 Å². The van der Waals surface area contributed by atoms with Gasteiger partial charge >= 0.3 is 0 Å². The Morgan fingerprint density at radius 2 is 2.23 bits per heavy atom. The van der Waals surface area contributed by atoms with E-state index in [1.165, 1.54) is 0 Å². The molecule has 1 heterocycles. The van der Waals surface area contributed by atoms with Gasteiger partial charge in [0.05, 0.1) is 5.69 Å². The van der Waals surface area contributed by atoms with Gasteiger partial charge in [-0.15, -0.1) is 0 Å². The zero-order chi connectivity index (χ0) is 9.47. The first-order chi connectivity index (χ1) is 6.11. The average Bonchev–Trinajstić information content (AvgIpc) is 2.13. The highest BCUT2D eigenvalue weighted by Gasteiger charge is 2.32. The summed E-state index contributed by atoms with van der Waals surface area (Å²) in [6.45, 7) is 4.29. The van der Waals surface area contributed by atoms with Crippen LogP contribution >= 0.6 is 0 Å². The van der Waals surface area contributed by atoms with Gasteiger partial charge in [0, 0.05) is 23.6 Å². The third kappa shape index (κ3) is 1.26. The Kier molecular flexibility index (Phi) is 1.72. The number of hydrogen-bond donors (Lipinski definition) is 0. The van der Waals surface area contributed by atoms with Gasteiger partial charge in [-0.1, -0.05) is 13.8 Å².